The molecule has 176 valence electrons. The number of benzene rings is 1. The minimum absolute atomic E-state index is 0.0461. The lowest BCUT2D eigenvalue weighted by atomic mass is 10.1. The first-order valence-corrected chi connectivity index (χ1v) is 11.3. The van der Waals surface area contributed by atoms with Crippen molar-refractivity contribution in [1.29, 1.82) is 0 Å². The van der Waals surface area contributed by atoms with Crippen LogP contribution < -0.4 is 4.74 Å². The molecule has 0 bridgehead atoms. The fourth-order valence-corrected chi connectivity index (χ4v) is 4.03. The number of methoxy groups -OCH3 is 1. The summed E-state index contributed by atoms with van der Waals surface area (Å²) >= 11 is 6.02. The van der Waals surface area contributed by atoms with Crippen molar-refractivity contribution < 1.29 is 18.7 Å². The minimum atomic E-state index is -0.478. The van der Waals surface area contributed by atoms with Crippen LogP contribution in [0.5, 0.6) is 5.88 Å². The zero-order valence-corrected chi connectivity index (χ0v) is 19.6. The Labute approximate surface area is 199 Å². The van der Waals surface area contributed by atoms with Crippen molar-refractivity contribution in [2.75, 3.05) is 13.7 Å². The first-order valence-electron chi connectivity index (χ1n) is 10.9. The number of ether oxygens (including phenoxy) is 2. The highest BCUT2D eigenvalue weighted by Crippen LogP contribution is 2.44. The van der Waals surface area contributed by atoms with Gasteiger partial charge in [0.2, 0.25) is 5.88 Å². The molecule has 1 aliphatic carbocycles. The van der Waals surface area contributed by atoms with Crippen molar-refractivity contribution in [2.45, 2.75) is 38.6 Å². The van der Waals surface area contributed by atoms with E-state index in [0.29, 0.717) is 22.5 Å². The average molecular weight is 485 g/mol. The normalized spacial score (nSPS) is 14.4. The summed E-state index contributed by atoms with van der Waals surface area (Å²) in [5.74, 6) is -0.104. The molecule has 3 aromatic heterocycles. The van der Waals surface area contributed by atoms with Crippen LogP contribution in [0.1, 0.15) is 60.3 Å². The van der Waals surface area contributed by atoms with Gasteiger partial charge in [0.1, 0.15) is 16.9 Å². The lowest BCUT2D eigenvalue weighted by Gasteiger charge is -2.15. The maximum Gasteiger partial charge on any atom is 0.341 e. The SMILES string of the molecule is CCOC(=O)c1cnn(-c2nc(OC)c3c(n2)c(C2CC2)nn3[C@@H](C)c2ccc(F)c(Cl)c2)c1. The van der Waals surface area contributed by atoms with Crippen LogP contribution in [0.3, 0.4) is 0 Å². The van der Waals surface area contributed by atoms with Gasteiger partial charge in [-0.05, 0) is 44.4 Å². The molecule has 1 aliphatic rings. The second-order valence-electron chi connectivity index (χ2n) is 8.08. The molecule has 11 heteroatoms. The van der Waals surface area contributed by atoms with Crippen molar-refractivity contribution in [3.8, 4) is 11.8 Å². The Morgan fingerprint density at radius 3 is 2.79 bits per heavy atom. The standard InChI is InChI=1S/C23H22ClFN6O3/c1-4-34-22(32)15-10-26-30(11-15)23-27-19-18(13-5-6-13)29-31(20(19)21(28-23)33-3)12(2)14-7-8-17(25)16(24)9-14/h7-13H,4-6H2,1-3H3/t12-/m0/s1. The summed E-state index contributed by atoms with van der Waals surface area (Å²) < 4.78 is 27.6. The topological polar surface area (TPSA) is 96.9 Å². The molecule has 34 heavy (non-hydrogen) atoms. The molecule has 1 saturated carbocycles. The quantitative estimate of drug-likeness (QED) is 0.357. The van der Waals surface area contributed by atoms with Gasteiger partial charge in [0.25, 0.3) is 5.95 Å². The van der Waals surface area contributed by atoms with Gasteiger partial charge < -0.3 is 9.47 Å². The van der Waals surface area contributed by atoms with E-state index in [1.807, 2.05) is 6.92 Å². The number of fused-ring (bicyclic) bond motifs is 1. The van der Waals surface area contributed by atoms with Crippen LogP contribution in [0.25, 0.3) is 17.0 Å². The molecule has 0 radical (unpaired) electrons. The molecule has 0 spiro atoms. The molecule has 1 atom stereocenters. The van der Waals surface area contributed by atoms with Gasteiger partial charge in [-0.2, -0.15) is 15.2 Å². The van der Waals surface area contributed by atoms with Crippen LogP contribution in [-0.4, -0.2) is 49.2 Å². The third kappa shape index (κ3) is 3.87. The van der Waals surface area contributed by atoms with Gasteiger partial charge in [0, 0.05) is 12.1 Å². The lowest BCUT2D eigenvalue weighted by molar-refractivity contribution is 0.0526. The molecular weight excluding hydrogens is 463 g/mol. The number of carbonyl (C=O) groups excluding carboxylic acids is 1. The number of halogens is 2. The number of esters is 1. The predicted octanol–water partition coefficient (Wildman–Crippen LogP) is 4.48. The summed E-state index contributed by atoms with van der Waals surface area (Å²) in [5.41, 5.74) is 3.20. The Kier molecular flexibility index (Phi) is 5.68. The number of nitrogens with zero attached hydrogens (tertiary/aromatic N) is 6. The highest BCUT2D eigenvalue weighted by molar-refractivity contribution is 6.30. The van der Waals surface area contributed by atoms with Crippen LogP contribution in [0, 0.1) is 5.82 Å². The Balaban J connectivity index is 1.64. The Morgan fingerprint density at radius 1 is 1.32 bits per heavy atom. The number of hydrogen-bond donors (Lipinski definition) is 0. The Hall–Kier alpha value is -3.53. The number of carbonyl (C=O) groups is 1. The number of aromatic nitrogens is 6. The van der Waals surface area contributed by atoms with E-state index in [1.165, 1.54) is 30.3 Å². The van der Waals surface area contributed by atoms with Crippen LogP contribution in [0.15, 0.2) is 30.6 Å². The maximum atomic E-state index is 13.7. The highest BCUT2D eigenvalue weighted by atomic mass is 35.5. The van der Waals surface area contributed by atoms with Gasteiger partial charge in [0.15, 0.2) is 0 Å². The Bertz CT molecular complexity index is 1400. The monoisotopic (exact) mass is 484 g/mol. The van der Waals surface area contributed by atoms with Gasteiger partial charge in [0.05, 0.1) is 42.2 Å². The van der Waals surface area contributed by atoms with Crippen molar-refractivity contribution in [1.82, 2.24) is 29.5 Å². The summed E-state index contributed by atoms with van der Waals surface area (Å²) in [5, 5.41) is 9.15. The van der Waals surface area contributed by atoms with Gasteiger partial charge in [-0.15, -0.1) is 0 Å². The van der Waals surface area contributed by atoms with Crippen molar-refractivity contribution in [3.63, 3.8) is 0 Å². The summed E-state index contributed by atoms with van der Waals surface area (Å²) in [6.45, 7) is 3.95. The van der Waals surface area contributed by atoms with Crippen LogP contribution >= 0.6 is 11.6 Å². The zero-order valence-electron chi connectivity index (χ0n) is 18.8. The zero-order chi connectivity index (χ0) is 24.0. The second-order valence-corrected chi connectivity index (χ2v) is 8.48. The van der Waals surface area contributed by atoms with E-state index in [9.17, 15) is 9.18 Å². The van der Waals surface area contributed by atoms with Crippen molar-refractivity contribution in [3.05, 3.63) is 58.3 Å². The molecule has 1 fully saturated rings. The molecule has 4 aromatic rings. The largest absolute Gasteiger partial charge is 0.479 e. The number of rotatable bonds is 7. The molecule has 0 saturated heterocycles. The average Bonchev–Trinajstić information content (AvgIpc) is 3.42. The van der Waals surface area contributed by atoms with E-state index >= 15 is 0 Å². The second kappa shape index (κ2) is 8.68. The molecule has 1 aromatic carbocycles. The van der Waals surface area contributed by atoms with Gasteiger partial charge in [-0.3, -0.25) is 4.68 Å². The van der Waals surface area contributed by atoms with Gasteiger partial charge >= 0.3 is 5.97 Å². The fourth-order valence-electron chi connectivity index (χ4n) is 3.84. The molecule has 3 heterocycles. The molecule has 0 aliphatic heterocycles. The summed E-state index contributed by atoms with van der Waals surface area (Å²) in [7, 11) is 1.52. The van der Waals surface area contributed by atoms with Crippen LogP contribution in [0.2, 0.25) is 5.02 Å². The molecule has 0 amide bonds. The van der Waals surface area contributed by atoms with E-state index in [1.54, 1.807) is 23.7 Å². The van der Waals surface area contributed by atoms with Gasteiger partial charge in [-0.1, -0.05) is 17.7 Å². The predicted molar refractivity (Wildman–Crippen MR) is 122 cm³/mol. The third-order valence-corrected chi connectivity index (χ3v) is 6.07. The Morgan fingerprint density at radius 2 is 2.12 bits per heavy atom. The van der Waals surface area contributed by atoms with E-state index in [0.717, 1.165) is 24.1 Å². The first kappa shape index (κ1) is 22.3. The molecular formula is C23H22ClFN6O3. The summed E-state index contributed by atoms with van der Waals surface area (Å²) in [6.07, 6.45) is 4.95. The molecule has 9 nitrogen and oxygen atoms in total. The molecule has 0 N–H and O–H groups in total. The lowest BCUT2D eigenvalue weighted by Crippen LogP contribution is -2.11. The minimum Gasteiger partial charge on any atom is -0.479 e. The smallest absolute Gasteiger partial charge is 0.341 e. The van der Waals surface area contributed by atoms with Gasteiger partial charge in [-0.25, -0.2) is 18.9 Å². The number of hydrogen-bond acceptors (Lipinski definition) is 7. The van der Waals surface area contributed by atoms with E-state index in [2.05, 4.69) is 10.1 Å². The van der Waals surface area contributed by atoms with E-state index in [-0.39, 0.29) is 29.5 Å². The van der Waals surface area contributed by atoms with Crippen molar-refractivity contribution in [2.24, 2.45) is 0 Å². The van der Waals surface area contributed by atoms with E-state index < -0.39 is 11.8 Å². The third-order valence-electron chi connectivity index (χ3n) is 5.78. The highest BCUT2D eigenvalue weighted by Gasteiger charge is 2.33. The summed E-state index contributed by atoms with van der Waals surface area (Å²) in [6, 6.07) is 4.33. The van der Waals surface area contributed by atoms with Crippen molar-refractivity contribution >= 4 is 28.6 Å². The molecule has 5 rings (SSSR count). The fraction of sp³-hybridized carbons (Fsp3) is 0.348. The van der Waals surface area contributed by atoms with Crippen LogP contribution in [-0.2, 0) is 4.74 Å². The first-order chi connectivity index (χ1) is 16.4. The molecule has 0 unspecified atom stereocenters. The van der Waals surface area contributed by atoms with Crippen LogP contribution in [0.4, 0.5) is 4.39 Å². The van der Waals surface area contributed by atoms with E-state index in [4.69, 9.17) is 31.2 Å². The maximum absolute atomic E-state index is 13.7. The summed E-state index contributed by atoms with van der Waals surface area (Å²) in [4.78, 5) is 21.3.